The van der Waals surface area contributed by atoms with E-state index in [4.69, 9.17) is 4.74 Å². The number of hydrogen-bond donors (Lipinski definition) is 0. The molecule has 0 aromatic heterocycles. The Bertz CT molecular complexity index is 375. The van der Waals surface area contributed by atoms with Crippen molar-refractivity contribution in [2.24, 2.45) is 5.41 Å². The Morgan fingerprint density at radius 3 is 2.00 bits per heavy atom. The normalized spacial score (nSPS) is 13.0. The number of ether oxygens (including phenoxy) is 2. The van der Waals surface area contributed by atoms with Crippen molar-refractivity contribution in [3.8, 4) is 0 Å². The molecule has 0 aromatic rings. The molecule has 0 fully saturated rings. The standard InChI is InChI=1S/C13H20F4O4/c1-5-11(2,3)10(19)20-7-6-9(18)21-13(16,17)8-12(4,14)15/h5-8H2,1-4H3. The van der Waals surface area contributed by atoms with E-state index < -0.39 is 48.8 Å². The Morgan fingerprint density at radius 1 is 1.05 bits per heavy atom. The lowest BCUT2D eigenvalue weighted by molar-refractivity contribution is -0.256. The van der Waals surface area contributed by atoms with Crippen molar-refractivity contribution in [1.82, 2.24) is 0 Å². The topological polar surface area (TPSA) is 52.6 Å². The van der Waals surface area contributed by atoms with Gasteiger partial charge in [-0.2, -0.15) is 8.78 Å². The zero-order valence-electron chi connectivity index (χ0n) is 12.5. The molecule has 0 saturated heterocycles. The van der Waals surface area contributed by atoms with Crippen molar-refractivity contribution in [2.75, 3.05) is 6.61 Å². The van der Waals surface area contributed by atoms with Gasteiger partial charge < -0.3 is 9.47 Å². The van der Waals surface area contributed by atoms with E-state index in [0.717, 1.165) is 0 Å². The van der Waals surface area contributed by atoms with Gasteiger partial charge in [-0.3, -0.25) is 9.59 Å². The van der Waals surface area contributed by atoms with Gasteiger partial charge in [-0.1, -0.05) is 6.92 Å². The molecule has 0 saturated carbocycles. The fourth-order valence-corrected chi connectivity index (χ4v) is 1.18. The average Bonchev–Trinajstić information content (AvgIpc) is 2.24. The maximum absolute atomic E-state index is 13.0. The molecule has 124 valence electrons. The van der Waals surface area contributed by atoms with Crippen molar-refractivity contribution in [3.05, 3.63) is 0 Å². The summed E-state index contributed by atoms with van der Waals surface area (Å²) in [5, 5.41) is 0. The van der Waals surface area contributed by atoms with E-state index >= 15 is 0 Å². The highest BCUT2D eigenvalue weighted by Gasteiger charge is 2.43. The monoisotopic (exact) mass is 316 g/mol. The van der Waals surface area contributed by atoms with Crippen LogP contribution in [0.2, 0.25) is 0 Å². The second kappa shape index (κ2) is 7.09. The Hall–Kier alpha value is -1.34. The highest BCUT2D eigenvalue weighted by atomic mass is 19.3. The fourth-order valence-electron chi connectivity index (χ4n) is 1.18. The van der Waals surface area contributed by atoms with Crippen molar-refractivity contribution < 1.29 is 36.6 Å². The molecule has 8 heteroatoms. The summed E-state index contributed by atoms with van der Waals surface area (Å²) >= 11 is 0. The molecule has 0 rings (SSSR count). The van der Waals surface area contributed by atoms with E-state index in [0.29, 0.717) is 13.3 Å². The Morgan fingerprint density at radius 2 is 1.57 bits per heavy atom. The Labute approximate surface area is 120 Å². The van der Waals surface area contributed by atoms with Crippen LogP contribution in [0.25, 0.3) is 0 Å². The van der Waals surface area contributed by atoms with Gasteiger partial charge in [0.1, 0.15) is 13.0 Å². The molecule has 0 aliphatic rings. The quantitative estimate of drug-likeness (QED) is 0.508. The van der Waals surface area contributed by atoms with Crippen LogP contribution in [0, 0.1) is 5.41 Å². The van der Waals surface area contributed by atoms with Crippen molar-refractivity contribution in [1.29, 1.82) is 0 Å². The number of rotatable bonds is 8. The van der Waals surface area contributed by atoms with Gasteiger partial charge in [-0.25, -0.2) is 8.78 Å². The molecular weight excluding hydrogens is 296 g/mol. The van der Waals surface area contributed by atoms with Crippen molar-refractivity contribution >= 4 is 11.9 Å². The molecule has 0 heterocycles. The maximum atomic E-state index is 13.0. The molecule has 21 heavy (non-hydrogen) atoms. The van der Waals surface area contributed by atoms with Crippen molar-refractivity contribution in [2.45, 2.75) is 59.0 Å². The zero-order chi connectivity index (χ0) is 16.9. The maximum Gasteiger partial charge on any atom is 0.405 e. The third-order valence-corrected chi connectivity index (χ3v) is 2.76. The van der Waals surface area contributed by atoms with E-state index in [9.17, 15) is 27.2 Å². The zero-order valence-corrected chi connectivity index (χ0v) is 12.5. The molecule has 0 spiro atoms. The van der Waals surface area contributed by atoms with Crippen LogP contribution in [-0.4, -0.2) is 30.6 Å². The summed E-state index contributed by atoms with van der Waals surface area (Å²) in [7, 11) is 0. The van der Waals surface area contributed by atoms with Crippen LogP contribution in [0.3, 0.4) is 0 Å². The number of halogens is 4. The fraction of sp³-hybridized carbons (Fsp3) is 0.846. The highest BCUT2D eigenvalue weighted by Crippen LogP contribution is 2.31. The molecule has 0 unspecified atom stereocenters. The van der Waals surface area contributed by atoms with E-state index in [1.807, 2.05) is 0 Å². The van der Waals surface area contributed by atoms with Crippen LogP contribution in [0.5, 0.6) is 0 Å². The summed E-state index contributed by atoms with van der Waals surface area (Å²) in [6.45, 7) is 4.88. The molecule has 0 amide bonds. The number of hydrogen-bond acceptors (Lipinski definition) is 4. The van der Waals surface area contributed by atoms with Crippen molar-refractivity contribution in [3.63, 3.8) is 0 Å². The molecule has 0 radical (unpaired) electrons. The predicted octanol–water partition coefficient (Wildman–Crippen LogP) is 3.54. The van der Waals surface area contributed by atoms with Gasteiger partial charge in [-0.05, 0) is 27.2 Å². The van der Waals surface area contributed by atoms with Crippen LogP contribution in [0.4, 0.5) is 17.6 Å². The highest BCUT2D eigenvalue weighted by molar-refractivity contribution is 5.76. The molecule has 0 aliphatic heterocycles. The third kappa shape index (κ3) is 8.52. The van der Waals surface area contributed by atoms with Gasteiger partial charge in [0.05, 0.1) is 11.8 Å². The lowest BCUT2D eigenvalue weighted by atomic mass is 9.91. The van der Waals surface area contributed by atoms with Gasteiger partial charge in [0.15, 0.2) is 0 Å². The number of carbonyl (C=O) groups excluding carboxylic acids is 2. The summed E-state index contributed by atoms with van der Waals surface area (Å²) in [5.74, 6) is -5.66. The van der Waals surface area contributed by atoms with Crippen LogP contribution in [-0.2, 0) is 19.1 Å². The first-order chi connectivity index (χ1) is 9.29. The van der Waals surface area contributed by atoms with Crippen LogP contribution >= 0.6 is 0 Å². The van der Waals surface area contributed by atoms with Gasteiger partial charge in [-0.15, -0.1) is 0 Å². The minimum Gasteiger partial charge on any atom is -0.465 e. The lowest BCUT2D eigenvalue weighted by Crippen LogP contribution is -2.32. The second-order valence-electron chi connectivity index (χ2n) is 5.48. The summed E-state index contributed by atoms with van der Waals surface area (Å²) < 4.78 is 59.3. The molecule has 4 nitrogen and oxygen atoms in total. The Kier molecular flexibility index (Phi) is 6.63. The molecular formula is C13H20F4O4. The largest absolute Gasteiger partial charge is 0.465 e. The first-order valence-corrected chi connectivity index (χ1v) is 6.44. The van der Waals surface area contributed by atoms with Gasteiger partial charge in [0, 0.05) is 0 Å². The van der Waals surface area contributed by atoms with E-state index in [1.54, 1.807) is 20.8 Å². The number of esters is 2. The summed E-state index contributed by atoms with van der Waals surface area (Å²) in [5.41, 5.74) is -0.752. The first-order valence-electron chi connectivity index (χ1n) is 6.44. The summed E-state index contributed by atoms with van der Waals surface area (Å²) in [6, 6.07) is 0. The SMILES string of the molecule is CCC(C)(C)C(=O)OCCC(=O)OC(F)(F)CC(C)(F)F. The van der Waals surface area contributed by atoms with Crippen LogP contribution in [0.1, 0.15) is 47.0 Å². The van der Waals surface area contributed by atoms with Gasteiger partial charge in [0.25, 0.3) is 5.92 Å². The van der Waals surface area contributed by atoms with Crippen LogP contribution < -0.4 is 0 Å². The van der Waals surface area contributed by atoms with Gasteiger partial charge >= 0.3 is 18.0 Å². The number of alkyl halides is 4. The second-order valence-corrected chi connectivity index (χ2v) is 5.48. The minimum atomic E-state index is -4.26. The van der Waals surface area contributed by atoms with Crippen LogP contribution in [0.15, 0.2) is 0 Å². The first kappa shape index (κ1) is 19.7. The Balaban J connectivity index is 4.20. The van der Waals surface area contributed by atoms with E-state index in [2.05, 4.69) is 4.74 Å². The summed E-state index contributed by atoms with van der Waals surface area (Å²) in [6.07, 6.45) is -6.28. The smallest absolute Gasteiger partial charge is 0.405 e. The number of carbonyl (C=O) groups is 2. The molecule has 0 aliphatic carbocycles. The average molecular weight is 316 g/mol. The molecule has 0 atom stereocenters. The van der Waals surface area contributed by atoms with E-state index in [-0.39, 0.29) is 0 Å². The summed E-state index contributed by atoms with van der Waals surface area (Å²) in [4.78, 5) is 22.6. The lowest BCUT2D eigenvalue weighted by Gasteiger charge is -2.21. The third-order valence-electron chi connectivity index (χ3n) is 2.76. The predicted molar refractivity (Wildman–Crippen MR) is 65.9 cm³/mol. The van der Waals surface area contributed by atoms with E-state index in [1.165, 1.54) is 0 Å². The van der Waals surface area contributed by atoms with Gasteiger partial charge in [0.2, 0.25) is 0 Å². The molecule has 0 N–H and O–H groups in total. The minimum absolute atomic E-state index is 0.295. The molecule has 0 bridgehead atoms. The molecule has 0 aromatic carbocycles.